The zero-order valence-corrected chi connectivity index (χ0v) is 32.0. The van der Waals surface area contributed by atoms with Crippen LogP contribution < -0.4 is 5.32 Å². The number of nitrogens with one attached hydrogen (secondary N) is 1. The number of ether oxygens (including phenoxy) is 3. The molecule has 0 radical (unpaired) electrons. The summed E-state index contributed by atoms with van der Waals surface area (Å²) < 4.78 is 64.1. The number of halogens is 4. The number of aromatic nitrogens is 5. The molecule has 278 valence electrons. The zero-order chi connectivity index (χ0) is 36.1. The van der Waals surface area contributed by atoms with E-state index in [9.17, 15) is 13.2 Å². The Hall–Kier alpha value is -2.71. The molecular weight excluding hydrogens is 697 g/mol. The molecule has 3 aromatic heterocycles. The van der Waals surface area contributed by atoms with Crippen LogP contribution in [0.5, 0.6) is 0 Å². The molecule has 3 aliphatic rings. The van der Waals surface area contributed by atoms with Crippen molar-refractivity contribution >= 4 is 47.6 Å². The summed E-state index contributed by atoms with van der Waals surface area (Å²) in [6.45, 7) is 11.7. The molecule has 2 aliphatic carbocycles. The number of nitrogens with zero attached hydrogens (tertiary/aromatic N) is 5. The van der Waals surface area contributed by atoms with Gasteiger partial charge in [-0.05, 0) is 76.1 Å². The van der Waals surface area contributed by atoms with Crippen LogP contribution in [-0.2, 0) is 33.5 Å². The SMILES string of the molecule is CC1(C)O[C@@H]2[C@@H](CCCCCCc3nc4cc(C(F)(F)F)c(Cl)cc4n3COCC[Si](C)(C)C)C[C@@H](n3ccc4c(NC5CC5)ncnc43)[C@@H]2O1. The molecule has 7 rings (SSSR count). The van der Waals surface area contributed by atoms with Crippen molar-refractivity contribution in [2.45, 2.75) is 140 Å². The minimum absolute atomic E-state index is 0.0163. The Morgan fingerprint density at radius 1 is 1.06 bits per heavy atom. The van der Waals surface area contributed by atoms with Crippen LogP contribution in [0.25, 0.3) is 22.1 Å². The first-order valence-corrected chi connectivity index (χ1v) is 22.5. The molecule has 4 atom stereocenters. The van der Waals surface area contributed by atoms with Crippen LogP contribution in [0.2, 0.25) is 30.7 Å². The first kappa shape index (κ1) is 36.6. The molecule has 0 spiro atoms. The zero-order valence-electron chi connectivity index (χ0n) is 30.2. The Labute approximate surface area is 303 Å². The third-order valence-electron chi connectivity index (χ3n) is 10.5. The predicted octanol–water partition coefficient (Wildman–Crippen LogP) is 9.61. The number of aryl methyl sites for hydroxylation is 1. The number of anilines is 1. The smallest absolute Gasteiger partial charge is 0.367 e. The van der Waals surface area contributed by atoms with E-state index in [0.717, 1.165) is 73.3 Å². The highest BCUT2D eigenvalue weighted by molar-refractivity contribution is 6.76. The minimum Gasteiger partial charge on any atom is -0.367 e. The average Bonchev–Trinajstić information content (AvgIpc) is 3.35. The predicted molar refractivity (Wildman–Crippen MR) is 196 cm³/mol. The summed E-state index contributed by atoms with van der Waals surface area (Å²) in [6, 6.07) is 6.18. The Balaban J connectivity index is 0.976. The van der Waals surface area contributed by atoms with Gasteiger partial charge in [0.15, 0.2) is 5.79 Å². The molecule has 1 aliphatic heterocycles. The van der Waals surface area contributed by atoms with E-state index in [0.29, 0.717) is 36.0 Å². The lowest BCUT2D eigenvalue weighted by Gasteiger charge is -2.24. The Morgan fingerprint density at radius 2 is 1.82 bits per heavy atom. The Morgan fingerprint density at radius 3 is 2.57 bits per heavy atom. The first-order valence-electron chi connectivity index (χ1n) is 18.4. The van der Waals surface area contributed by atoms with Gasteiger partial charge >= 0.3 is 6.18 Å². The van der Waals surface area contributed by atoms with Crippen molar-refractivity contribution in [3.05, 3.63) is 47.1 Å². The molecule has 1 N–H and O–H groups in total. The summed E-state index contributed by atoms with van der Waals surface area (Å²) in [7, 11) is -1.30. The number of fused-ring (bicyclic) bond motifs is 3. The number of unbranched alkanes of at least 4 members (excludes halogenated alkanes) is 3. The lowest BCUT2D eigenvalue weighted by atomic mass is 9.96. The highest BCUT2D eigenvalue weighted by Gasteiger charge is 2.54. The molecule has 0 amide bonds. The van der Waals surface area contributed by atoms with E-state index < -0.39 is 25.6 Å². The molecule has 2 saturated carbocycles. The molecule has 9 nitrogen and oxygen atoms in total. The molecule has 4 heterocycles. The van der Waals surface area contributed by atoms with Crippen molar-refractivity contribution < 1.29 is 27.4 Å². The maximum atomic E-state index is 13.6. The van der Waals surface area contributed by atoms with Crippen LogP contribution in [0.4, 0.5) is 19.0 Å². The lowest BCUT2D eigenvalue weighted by Crippen LogP contribution is -2.27. The molecular formula is C37H50ClF3N6O3Si. The second-order valence-electron chi connectivity index (χ2n) is 16.3. The van der Waals surface area contributed by atoms with E-state index in [2.05, 4.69) is 56.7 Å². The van der Waals surface area contributed by atoms with Crippen molar-refractivity contribution in [2.24, 2.45) is 5.92 Å². The summed E-state index contributed by atoms with van der Waals surface area (Å²) >= 11 is 6.12. The van der Waals surface area contributed by atoms with Gasteiger partial charge in [0.2, 0.25) is 0 Å². The number of rotatable bonds is 15. The number of hydrogen-bond donors (Lipinski definition) is 1. The van der Waals surface area contributed by atoms with Gasteiger partial charge in [0.05, 0.1) is 39.2 Å². The van der Waals surface area contributed by atoms with Crippen molar-refractivity contribution in [2.75, 3.05) is 11.9 Å². The van der Waals surface area contributed by atoms with Crippen molar-refractivity contribution in [3.8, 4) is 0 Å². The number of benzene rings is 1. The maximum absolute atomic E-state index is 13.6. The number of imidazole rings is 1. The molecule has 0 unspecified atom stereocenters. The number of alkyl halides is 3. The average molecular weight is 747 g/mol. The minimum atomic E-state index is -4.55. The molecule has 14 heteroatoms. The normalized spacial score (nSPS) is 23.5. The van der Waals surface area contributed by atoms with E-state index >= 15 is 0 Å². The van der Waals surface area contributed by atoms with Crippen LogP contribution in [0.3, 0.4) is 0 Å². The molecule has 1 aromatic carbocycles. The summed E-state index contributed by atoms with van der Waals surface area (Å²) in [5.41, 5.74) is 0.924. The first-order chi connectivity index (χ1) is 24.2. The van der Waals surface area contributed by atoms with E-state index in [-0.39, 0.29) is 30.0 Å². The standard InChI is InChI=1S/C37H50ClF3N6O3Si/c1-36(2)49-32-23(18-30(33(32)50-36)46-15-14-25-34(44-24-12-13-24)42-21-43-35(25)46)10-8-6-7-9-11-31-45-28-19-26(37(39,40)41)27(38)20-29(28)47(31)22-48-16-17-51(3,4)5/h14-15,19-21,23-24,30,32-33H,6-13,16-18,22H2,1-5H3,(H,42,43,44)/t23-,30+,32+,33-/m0/s1. The number of hydrogen-bond acceptors (Lipinski definition) is 7. The van der Waals surface area contributed by atoms with Gasteiger partial charge in [0.1, 0.15) is 36.5 Å². The fraction of sp³-hybridized carbons (Fsp3) is 0.649. The van der Waals surface area contributed by atoms with Crippen molar-refractivity contribution in [3.63, 3.8) is 0 Å². The fourth-order valence-electron chi connectivity index (χ4n) is 7.71. The maximum Gasteiger partial charge on any atom is 0.417 e. The van der Waals surface area contributed by atoms with Gasteiger partial charge in [-0.2, -0.15) is 13.2 Å². The summed E-state index contributed by atoms with van der Waals surface area (Å²) in [5.74, 6) is 1.34. The van der Waals surface area contributed by atoms with Gasteiger partial charge in [-0.15, -0.1) is 0 Å². The van der Waals surface area contributed by atoms with E-state index in [1.54, 1.807) is 6.33 Å². The van der Waals surface area contributed by atoms with Crippen molar-refractivity contribution in [1.29, 1.82) is 0 Å². The summed E-state index contributed by atoms with van der Waals surface area (Å²) in [5, 5.41) is 4.26. The van der Waals surface area contributed by atoms with Crippen molar-refractivity contribution in [1.82, 2.24) is 24.1 Å². The third-order valence-corrected chi connectivity index (χ3v) is 12.5. The van der Waals surface area contributed by atoms with Crippen LogP contribution in [0.15, 0.2) is 30.7 Å². The third kappa shape index (κ3) is 8.27. The van der Waals surface area contributed by atoms with Gasteiger partial charge in [0.25, 0.3) is 0 Å². The van der Waals surface area contributed by atoms with Crippen LogP contribution in [0, 0.1) is 5.92 Å². The quantitative estimate of drug-likeness (QED) is 0.0958. The van der Waals surface area contributed by atoms with Gasteiger partial charge in [-0.1, -0.05) is 50.5 Å². The highest BCUT2D eigenvalue weighted by atomic mass is 35.5. The summed E-state index contributed by atoms with van der Waals surface area (Å²) in [4.78, 5) is 13.9. The molecule has 4 aromatic rings. The second-order valence-corrected chi connectivity index (χ2v) is 22.3. The van der Waals surface area contributed by atoms with Gasteiger partial charge in [-0.25, -0.2) is 15.0 Å². The van der Waals surface area contributed by atoms with Gasteiger partial charge < -0.3 is 28.7 Å². The topological polar surface area (TPSA) is 88.2 Å². The largest absolute Gasteiger partial charge is 0.417 e. The lowest BCUT2D eigenvalue weighted by molar-refractivity contribution is -0.160. The van der Waals surface area contributed by atoms with E-state index in [1.807, 2.05) is 18.4 Å². The molecule has 1 saturated heterocycles. The summed E-state index contributed by atoms with van der Waals surface area (Å²) in [6.07, 6.45) is 8.11. The monoisotopic (exact) mass is 746 g/mol. The molecule has 51 heavy (non-hydrogen) atoms. The van der Waals surface area contributed by atoms with E-state index in [4.69, 9.17) is 25.8 Å². The van der Waals surface area contributed by atoms with E-state index in [1.165, 1.54) is 18.9 Å². The molecule has 0 bridgehead atoms. The van der Waals surface area contributed by atoms with Gasteiger partial charge in [-0.3, -0.25) is 0 Å². The van der Waals surface area contributed by atoms with Crippen LogP contribution in [0.1, 0.15) is 82.6 Å². The van der Waals surface area contributed by atoms with Crippen LogP contribution in [-0.4, -0.2) is 62.8 Å². The Kier molecular flexibility index (Phi) is 10.2. The Bertz CT molecular complexity index is 1850. The fourth-order valence-corrected chi connectivity index (χ4v) is 8.73. The molecule has 3 fully saturated rings. The second kappa shape index (κ2) is 14.3. The van der Waals surface area contributed by atoms with Crippen LogP contribution >= 0.6 is 11.6 Å². The van der Waals surface area contributed by atoms with Gasteiger partial charge in [0, 0.05) is 33.3 Å². The highest BCUT2D eigenvalue weighted by Crippen LogP contribution is 2.49.